The quantitative estimate of drug-likeness (QED) is 0.743. The minimum Gasteiger partial charge on any atom is -0.505 e. The number of fused-ring (bicyclic) bond motifs is 1. The number of phenols is 1. The summed E-state index contributed by atoms with van der Waals surface area (Å²) in [7, 11) is 0. The van der Waals surface area contributed by atoms with Gasteiger partial charge in [-0.2, -0.15) is 0 Å². The van der Waals surface area contributed by atoms with Gasteiger partial charge < -0.3 is 5.11 Å². The number of piperidine rings is 1. The molecular weight excluding hydrogens is 316 g/mol. The predicted molar refractivity (Wildman–Crippen MR) is 99.5 cm³/mol. The van der Waals surface area contributed by atoms with Gasteiger partial charge in [-0.1, -0.05) is 31.2 Å². The van der Waals surface area contributed by atoms with Gasteiger partial charge >= 0.3 is 0 Å². The summed E-state index contributed by atoms with van der Waals surface area (Å²) >= 11 is 1.76. The third kappa shape index (κ3) is 2.80. The van der Waals surface area contributed by atoms with Gasteiger partial charge in [0, 0.05) is 22.0 Å². The van der Waals surface area contributed by atoms with Gasteiger partial charge in [-0.05, 0) is 49.4 Å². The molecule has 1 aromatic carbocycles. The molecule has 4 heteroatoms. The number of benzene rings is 1. The van der Waals surface area contributed by atoms with Crippen molar-refractivity contribution in [2.24, 2.45) is 5.92 Å². The van der Waals surface area contributed by atoms with E-state index < -0.39 is 0 Å². The van der Waals surface area contributed by atoms with Gasteiger partial charge in [-0.25, -0.2) is 0 Å². The number of thiophene rings is 1. The zero-order valence-electron chi connectivity index (χ0n) is 13.9. The summed E-state index contributed by atoms with van der Waals surface area (Å²) in [5.41, 5.74) is 1.67. The highest BCUT2D eigenvalue weighted by Crippen LogP contribution is 2.40. The van der Waals surface area contributed by atoms with E-state index in [0.29, 0.717) is 11.3 Å². The molecule has 3 heterocycles. The number of hydrogen-bond acceptors (Lipinski definition) is 4. The Labute approximate surface area is 146 Å². The van der Waals surface area contributed by atoms with Crippen LogP contribution in [0.15, 0.2) is 48.0 Å². The number of likely N-dealkylation sites (tertiary alicyclic amines) is 1. The van der Waals surface area contributed by atoms with Gasteiger partial charge in [0.1, 0.15) is 11.3 Å². The number of hydrogen-bond donors (Lipinski definition) is 1. The fourth-order valence-corrected chi connectivity index (χ4v) is 4.51. The van der Waals surface area contributed by atoms with Gasteiger partial charge in [0.25, 0.3) is 0 Å². The Kier molecular flexibility index (Phi) is 4.25. The number of aromatic hydroxyl groups is 1. The van der Waals surface area contributed by atoms with Crippen LogP contribution in [-0.2, 0) is 0 Å². The fourth-order valence-electron chi connectivity index (χ4n) is 3.63. The lowest BCUT2D eigenvalue weighted by Gasteiger charge is -2.36. The Morgan fingerprint density at radius 2 is 2.00 bits per heavy atom. The number of rotatable bonds is 3. The van der Waals surface area contributed by atoms with Crippen LogP contribution < -0.4 is 0 Å². The van der Waals surface area contributed by atoms with Crippen LogP contribution >= 0.6 is 11.3 Å². The summed E-state index contributed by atoms with van der Waals surface area (Å²) in [6.07, 6.45) is 4.18. The van der Waals surface area contributed by atoms with Gasteiger partial charge in [-0.3, -0.25) is 9.88 Å². The van der Waals surface area contributed by atoms with Crippen LogP contribution in [0.5, 0.6) is 5.75 Å². The summed E-state index contributed by atoms with van der Waals surface area (Å²) in [6, 6.07) is 12.4. The first kappa shape index (κ1) is 15.6. The van der Waals surface area contributed by atoms with E-state index in [1.807, 2.05) is 12.1 Å². The Bertz CT molecular complexity index is 823. The smallest absolute Gasteiger partial charge is 0.146 e. The minimum atomic E-state index is 0.115. The van der Waals surface area contributed by atoms with E-state index in [9.17, 15) is 5.11 Å². The summed E-state index contributed by atoms with van der Waals surface area (Å²) in [6.45, 7) is 4.47. The van der Waals surface area contributed by atoms with Crippen molar-refractivity contribution in [3.05, 3.63) is 58.4 Å². The van der Waals surface area contributed by atoms with E-state index >= 15 is 0 Å². The molecule has 0 bridgehead atoms. The third-order valence-corrected chi connectivity index (χ3v) is 5.99. The maximum absolute atomic E-state index is 10.9. The first-order valence-electron chi connectivity index (χ1n) is 8.58. The number of aromatic nitrogens is 1. The molecule has 1 atom stereocenters. The summed E-state index contributed by atoms with van der Waals surface area (Å²) < 4.78 is 0. The maximum atomic E-state index is 10.9. The summed E-state index contributed by atoms with van der Waals surface area (Å²) in [4.78, 5) is 8.19. The lowest BCUT2D eigenvalue weighted by molar-refractivity contribution is 0.158. The molecule has 0 saturated carbocycles. The Hall–Kier alpha value is -1.91. The van der Waals surface area contributed by atoms with Gasteiger partial charge in [0.05, 0.1) is 6.04 Å². The van der Waals surface area contributed by atoms with Crippen LogP contribution in [0.3, 0.4) is 0 Å². The van der Waals surface area contributed by atoms with E-state index in [1.165, 1.54) is 17.7 Å². The minimum absolute atomic E-state index is 0.115. The average Bonchev–Trinajstić information content (AvgIpc) is 3.13. The lowest BCUT2D eigenvalue weighted by atomic mass is 9.94. The molecule has 0 spiro atoms. The molecule has 1 aliphatic rings. The molecule has 2 aromatic heterocycles. The molecule has 1 aliphatic heterocycles. The zero-order valence-corrected chi connectivity index (χ0v) is 14.7. The number of phenolic OH excluding ortho intramolecular Hbond substituents is 1. The van der Waals surface area contributed by atoms with Crippen LogP contribution in [0.1, 0.15) is 36.2 Å². The molecule has 1 N–H and O–H groups in total. The van der Waals surface area contributed by atoms with E-state index in [-0.39, 0.29) is 6.04 Å². The summed E-state index contributed by atoms with van der Waals surface area (Å²) in [5.74, 6) is 1.11. The Morgan fingerprint density at radius 1 is 1.17 bits per heavy atom. The second-order valence-electron chi connectivity index (χ2n) is 6.71. The Morgan fingerprint density at radius 3 is 2.75 bits per heavy atom. The second-order valence-corrected chi connectivity index (χ2v) is 7.69. The first-order chi connectivity index (χ1) is 11.7. The monoisotopic (exact) mass is 338 g/mol. The molecule has 124 valence electrons. The highest BCUT2D eigenvalue weighted by Gasteiger charge is 2.29. The van der Waals surface area contributed by atoms with Crippen molar-refractivity contribution in [2.75, 3.05) is 13.1 Å². The van der Waals surface area contributed by atoms with Crippen molar-refractivity contribution >= 4 is 22.2 Å². The molecule has 1 fully saturated rings. The van der Waals surface area contributed by atoms with Crippen molar-refractivity contribution < 1.29 is 5.11 Å². The van der Waals surface area contributed by atoms with Gasteiger partial charge in [-0.15, -0.1) is 11.3 Å². The van der Waals surface area contributed by atoms with Crippen LogP contribution in [0.2, 0.25) is 0 Å². The maximum Gasteiger partial charge on any atom is 0.146 e. The topological polar surface area (TPSA) is 36.4 Å². The second kappa shape index (κ2) is 6.54. The highest BCUT2D eigenvalue weighted by molar-refractivity contribution is 7.10. The normalized spacial score (nSPS) is 18.0. The average molecular weight is 338 g/mol. The molecule has 3 aromatic rings. The Balaban J connectivity index is 1.80. The van der Waals surface area contributed by atoms with Crippen molar-refractivity contribution in [1.82, 2.24) is 9.88 Å². The fraction of sp³-hybridized carbons (Fsp3) is 0.350. The highest BCUT2D eigenvalue weighted by atomic mass is 32.1. The van der Waals surface area contributed by atoms with Crippen molar-refractivity contribution in [3.63, 3.8) is 0 Å². The zero-order chi connectivity index (χ0) is 16.5. The standard InChI is InChI=1S/C20H22N2OS/c1-14-8-11-22(12-9-14)19(17-5-3-13-24-17)16-7-6-15-4-2-10-21-18(15)20(16)23/h2-7,10,13-14,19,23H,8-9,11-12H2,1H3/t19-/m0/s1. The predicted octanol–water partition coefficient (Wildman–Crippen LogP) is 4.82. The SMILES string of the molecule is CC1CCN([C@H](c2cccs2)c2ccc3cccnc3c2O)CC1. The molecule has 24 heavy (non-hydrogen) atoms. The number of nitrogens with zero attached hydrogens (tertiary/aromatic N) is 2. The van der Waals surface area contributed by atoms with E-state index in [2.05, 4.69) is 46.5 Å². The largest absolute Gasteiger partial charge is 0.505 e. The van der Waals surface area contributed by atoms with Crippen molar-refractivity contribution in [3.8, 4) is 5.75 Å². The number of pyridine rings is 1. The molecule has 0 unspecified atom stereocenters. The molecule has 0 aliphatic carbocycles. The van der Waals surface area contributed by atoms with Gasteiger partial charge in [0.2, 0.25) is 0 Å². The van der Waals surface area contributed by atoms with Crippen molar-refractivity contribution in [2.45, 2.75) is 25.8 Å². The molecule has 3 nitrogen and oxygen atoms in total. The third-order valence-electron chi connectivity index (χ3n) is 5.07. The van der Waals surface area contributed by atoms with E-state index in [4.69, 9.17) is 0 Å². The molecule has 1 saturated heterocycles. The van der Waals surface area contributed by atoms with Crippen LogP contribution in [-0.4, -0.2) is 28.1 Å². The van der Waals surface area contributed by atoms with Gasteiger partial charge in [0.15, 0.2) is 0 Å². The summed E-state index contributed by atoms with van der Waals surface area (Å²) in [5, 5.41) is 14.0. The molecule has 4 rings (SSSR count). The molecule has 0 radical (unpaired) electrons. The first-order valence-corrected chi connectivity index (χ1v) is 9.46. The molecular formula is C20H22N2OS. The van der Waals surface area contributed by atoms with Crippen LogP contribution in [0, 0.1) is 5.92 Å². The van der Waals surface area contributed by atoms with Crippen molar-refractivity contribution in [1.29, 1.82) is 0 Å². The molecule has 0 amide bonds. The van der Waals surface area contributed by atoms with E-state index in [0.717, 1.165) is 30.0 Å². The van der Waals surface area contributed by atoms with Crippen LogP contribution in [0.4, 0.5) is 0 Å². The van der Waals surface area contributed by atoms with E-state index in [1.54, 1.807) is 17.5 Å². The lowest BCUT2D eigenvalue weighted by Crippen LogP contribution is -2.36. The van der Waals surface area contributed by atoms with Crippen LogP contribution in [0.25, 0.3) is 10.9 Å².